The summed E-state index contributed by atoms with van der Waals surface area (Å²) in [4.78, 5) is -0.00575. The van der Waals surface area contributed by atoms with Gasteiger partial charge in [-0.25, -0.2) is 13.1 Å². The Kier molecular flexibility index (Phi) is 4.66. The van der Waals surface area contributed by atoms with Gasteiger partial charge < -0.3 is 10.5 Å². The summed E-state index contributed by atoms with van der Waals surface area (Å²) < 4.78 is 31.4. The molecule has 1 aliphatic rings. The molecule has 0 spiro atoms. The highest BCUT2D eigenvalue weighted by Crippen LogP contribution is 2.22. The first-order valence-corrected chi connectivity index (χ1v) is 7.15. The zero-order chi connectivity index (χ0) is 12.3. The topological polar surface area (TPSA) is 81.4 Å². The molecule has 0 aromatic carbocycles. The standard InChI is InChI=1S/C9H18N2O3S2/c1-6(9(10)15)16(12,13)11-7-3-4-8(5-7)14-2/h6-8,11H,3-5H2,1-2H3,(H2,10,15). The van der Waals surface area contributed by atoms with E-state index in [4.69, 9.17) is 10.5 Å². The van der Waals surface area contributed by atoms with Crippen molar-refractivity contribution in [3.63, 3.8) is 0 Å². The van der Waals surface area contributed by atoms with Crippen molar-refractivity contribution in [1.82, 2.24) is 4.72 Å². The third-order valence-electron chi connectivity index (χ3n) is 2.91. The van der Waals surface area contributed by atoms with Gasteiger partial charge in [-0.1, -0.05) is 12.2 Å². The van der Waals surface area contributed by atoms with Crippen LogP contribution < -0.4 is 10.5 Å². The first kappa shape index (κ1) is 13.8. The summed E-state index contributed by atoms with van der Waals surface area (Å²) in [5.74, 6) is 0. The van der Waals surface area contributed by atoms with Crippen LogP contribution in [0.2, 0.25) is 0 Å². The summed E-state index contributed by atoms with van der Waals surface area (Å²) in [5, 5.41) is -0.830. The van der Waals surface area contributed by atoms with Crippen LogP contribution in [0.3, 0.4) is 0 Å². The third-order valence-corrected chi connectivity index (χ3v) is 5.26. The first-order chi connectivity index (χ1) is 7.36. The Labute approximate surface area is 102 Å². The van der Waals surface area contributed by atoms with Gasteiger partial charge in [0.25, 0.3) is 0 Å². The molecule has 5 nitrogen and oxygen atoms in total. The Morgan fingerprint density at radius 2 is 2.19 bits per heavy atom. The minimum atomic E-state index is -3.45. The van der Waals surface area contributed by atoms with Gasteiger partial charge in [0.1, 0.15) is 5.25 Å². The Hall–Kier alpha value is -0.240. The SMILES string of the molecule is COC1CCC(NS(=O)(=O)C(C)C(N)=S)C1. The Morgan fingerprint density at radius 3 is 2.62 bits per heavy atom. The highest BCUT2D eigenvalue weighted by molar-refractivity contribution is 7.93. The maximum atomic E-state index is 11.8. The number of nitrogens with two attached hydrogens (primary N) is 1. The van der Waals surface area contributed by atoms with Crippen LogP contribution in [0.15, 0.2) is 0 Å². The molecule has 3 atom stereocenters. The predicted molar refractivity (Wildman–Crippen MR) is 66.7 cm³/mol. The Bertz CT molecular complexity index is 356. The summed E-state index contributed by atoms with van der Waals surface area (Å²) in [6, 6.07) is -0.0632. The quantitative estimate of drug-likeness (QED) is 0.692. The van der Waals surface area contributed by atoms with Gasteiger partial charge in [-0.2, -0.15) is 0 Å². The van der Waals surface area contributed by atoms with Gasteiger partial charge in [0.15, 0.2) is 0 Å². The molecule has 94 valence electrons. The normalized spacial score (nSPS) is 27.9. The van der Waals surface area contributed by atoms with Crippen molar-refractivity contribution in [3.8, 4) is 0 Å². The average molecular weight is 266 g/mol. The number of hydrogen-bond acceptors (Lipinski definition) is 4. The van der Waals surface area contributed by atoms with Crippen LogP contribution >= 0.6 is 12.2 Å². The van der Waals surface area contributed by atoms with Crippen molar-refractivity contribution in [3.05, 3.63) is 0 Å². The molecule has 0 saturated heterocycles. The molecule has 0 aliphatic heterocycles. The van der Waals surface area contributed by atoms with Gasteiger partial charge in [0.2, 0.25) is 10.0 Å². The second-order valence-corrected chi connectivity index (χ2v) is 6.58. The maximum Gasteiger partial charge on any atom is 0.220 e. The predicted octanol–water partition coefficient (Wildman–Crippen LogP) is 0.148. The summed E-state index contributed by atoms with van der Waals surface area (Å²) in [7, 11) is -1.81. The minimum Gasteiger partial charge on any atom is -0.392 e. The fourth-order valence-corrected chi connectivity index (χ4v) is 3.32. The number of nitrogens with one attached hydrogen (secondary N) is 1. The minimum absolute atomic E-state index is 0.00575. The lowest BCUT2D eigenvalue weighted by atomic mass is 10.3. The number of methoxy groups -OCH3 is 1. The van der Waals surface area contributed by atoms with Crippen molar-refractivity contribution in [2.24, 2.45) is 5.73 Å². The Balaban J connectivity index is 2.58. The molecule has 0 bridgehead atoms. The highest BCUT2D eigenvalue weighted by atomic mass is 32.2. The van der Waals surface area contributed by atoms with Crippen molar-refractivity contribution in [2.75, 3.05) is 7.11 Å². The molecule has 0 amide bonds. The van der Waals surface area contributed by atoms with Crippen molar-refractivity contribution in [1.29, 1.82) is 0 Å². The van der Waals surface area contributed by atoms with Crippen LogP contribution in [0.1, 0.15) is 26.2 Å². The lowest BCUT2D eigenvalue weighted by Gasteiger charge is -2.17. The molecule has 1 aliphatic carbocycles. The van der Waals surface area contributed by atoms with E-state index in [0.29, 0.717) is 6.42 Å². The van der Waals surface area contributed by atoms with E-state index in [1.807, 2.05) is 0 Å². The van der Waals surface area contributed by atoms with E-state index in [-0.39, 0.29) is 17.1 Å². The summed E-state index contributed by atoms with van der Waals surface area (Å²) in [5.41, 5.74) is 5.34. The molecule has 7 heteroatoms. The fraction of sp³-hybridized carbons (Fsp3) is 0.889. The van der Waals surface area contributed by atoms with Crippen molar-refractivity contribution >= 4 is 27.2 Å². The molecular weight excluding hydrogens is 248 g/mol. The van der Waals surface area contributed by atoms with E-state index < -0.39 is 15.3 Å². The molecule has 0 aromatic rings. The largest absolute Gasteiger partial charge is 0.392 e. The molecule has 3 N–H and O–H groups in total. The molecule has 16 heavy (non-hydrogen) atoms. The van der Waals surface area contributed by atoms with E-state index in [1.165, 1.54) is 6.92 Å². The van der Waals surface area contributed by atoms with Crippen LogP contribution in [0.5, 0.6) is 0 Å². The van der Waals surface area contributed by atoms with Crippen LogP contribution in [-0.4, -0.2) is 37.9 Å². The molecule has 0 radical (unpaired) electrons. The molecule has 1 rings (SSSR count). The van der Waals surface area contributed by atoms with Crippen LogP contribution in [0.4, 0.5) is 0 Å². The third kappa shape index (κ3) is 3.38. The zero-order valence-corrected chi connectivity index (χ0v) is 11.1. The van der Waals surface area contributed by atoms with Crippen LogP contribution in [-0.2, 0) is 14.8 Å². The first-order valence-electron chi connectivity index (χ1n) is 5.20. The maximum absolute atomic E-state index is 11.8. The van der Waals surface area contributed by atoms with Gasteiger partial charge in [0, 0.05) is 13.2 Å². The van der Waals surface area contributed by atoms with E-state index in [0.717, 1.165) is 12.8 Å². The summed E-state index contributed by atoms with van der Waals surface area (Å²) in [6.45, 7) is 1.49. The lowest BCUT2D eigenvalue weighted by molar-refractivity contribution is 0.107. The number of rotatable bonds is 5. The van der Waals surface area contributed by atoms with Crippen molar-refractivity contribution < 1.29 is 13.2 Å². The molecule has 1 saturated carbocycles. The molecule has 0 aromatic heterocycles. The van der Waals surface area contributed by atoms with Gasteiger partial charge in [0.05, 0.1) is 11.1 Å². The molecule has 0 heterocycles. The summed E-state index contributed by atoms with van der Waals surface area (Å²) >= 11 is 4.69. The summed E-state index contributed by atoms with van der Waals surface area (Å²) in [6.07, 6.45) is 2.53. The lowest BCUT2D eigenvalue weighted by Crippen LogP contribution is -2.43. The van der Waals surface area contributed by atoms with Gasteiger partial charge in [-0.3, -0.25) is 0 Å². The molecule has 3 unspecified atom stereocenters. The van der Waals surface area contributed by atoms with Crippen molar-refractivity contribution in [2.45, 2.75) is 43.6 Å². The Morgan fingerprint density at radius 1 is 1.56 bits per heavy atom. The fourth-order valence-electron chi connectivity index (χ4n) is 1.75. The zero-order valence-electron chi connectivity index (χ0n) is 9.47. The second kappa shape index (κ2) is 5.39. The monoisotopic (exact) mass is 266 g/mol. The van der Waals surface area contributed by atoms with Crippen LogP contribution in [0, 0.1) is 0 Å². The van der Waals surface area contributed by atoms with E-state index in [9.17, 15) is 8.42 Å². The van der Waals surface area contributed by atoms with E-state index in [1.54, 1.807) is 7.11 Å². The average Bonchev–Trinajstić information content (AvgIpc) is 2.63. The van der Waals surface area contributed by atoms with Gasteiger partial charge in [-0.15, -0.1) is 0 Å². The number of sulfonamides is 1. The number of hydrogen-bond donors (Lipinski definition) is 2. The smallest absolute Gasteiger partial charge is 0.220 e. The van der Waals surface area contributed by atoms with Gasteiger partial charge in [-0.05, 0) is 26.2 Å². The molecule has 1 fully saturated rings. The van der Waals surface area contributed by atoms with E-state index >= 15 is 0 Å². The molecular formula is C9H18N2O3S2. The number of thiocarbonyl (C=S) groups is 1. The number of ether oxygens (including phenoxy) is 1. The van der Waals surface area contributed by atoms with E-state index in [2.05, 4.69) is 16.9 Å². The van der Waals surface area contributed by atoms with Gasteiger partial charge >= 0.3 is 0 Å². The highest BCUT2D eigenvalue weighted by Gasteiger charge is 2.31. The second-order valence-electron chi connectivity index (χ2n) is 4.08. The van der Waals surface area contributed by atoms with Crippen LogP contribution in [0.25, 0.3) is 0 Å².